The van der Waals surface area contributed by atoms with E-state index in [9.17, 15) is 14.0 Å². The summed E-state index contributed by atoms with van der Waals surface area (Å²) in [6, 6.07) is 5.88. The third kappa shape index (κ3) is 4.65. The monoisotopic (exact) mass is 347 g/mol. The van der Waals surface area contributed by atoms with Gasteiger partial charge in [-0.2, -0.15) is 0 Å². The summed E-state index contributed by atoms with van der Waals surface area (Å²) < 4.78 is 18.0. The standard InChI is InChI=1S/C18H22FN3O3/c1-4-15-17(12(3)25-21-15)18(24)22(5-2)11-16(23)20-10-13-6-8-14(19)9-7-13/h6-9H,4-5,10-11H2,1-3H3,(H,20,23). The molecule has 2 rings (SSSR count). The molecular weight excluding hydrogens is 325 g/mol. The summed E-state index contributed by atoms with van der Waals surface area (Å²) in [6.07, 6.45) is 0.576. The molecule has 0 unspecified atom stereocenters. The molecule has 0 atom stereocenters. The zero-order valence-corrected chi connectivity index (χ0v) is 14.6. The number of benzene rings is 1. The number of halogens is 1. The van der Waals surface area contributed by atoms with E-state index in [0.717, 1.165) is 5.56 Å². The van der Waals surface area contributed by atoms with Crippen LogP contribution in [-0.4, -0.2) is 35.0 Å². The minimum atomic E-state index is -0.325. The summed E-state index contributed by atoms with van der Waals surface area (Å²) in [5, 5.41) is 6.61. The maximum Gasteiger partial charge on any atom is 0.259 e. The van der Waals surface area contributed by atoms with Crippen LogP contribution < -0.4 is 5.32 Å². The van der Waals surface area contributed by atoms with E-state index in [2.05, 4.69) is 10.5 Å². The van der Waals surface area contributed by atoms with Crippen LogP contribution in [0.4, 0.5) is 4.39 Å². The van der Waals surface area contributed by atoms with Crippen LogP contribution in [0.25, 0.3) is 0 Å². The summed E-state index contributed by atoms with van der Waals surface area (Å²) >= 11 is 0. The van der Waals surface area contributed by atoms with Gasteiger partial charge in [0.05, 0.1) is 12.2 Å². The normalized spacial score (nSPS) is 10.6. The molecule has 6 nitrogen and oxygen atoms in total. The molecule has 7 heteroatoms. The Labute approximate surface area is 146 Å². The molecule has 1 heterocycles. The molecule has 0 saturated heterocycles. The van der Waals surface area contributed by atoms with E-state index < -0.39 is 0 Å². The van der Waals surface area contributed by atoms with Crippen LogP contribution >= 0.6 is 0 Å². The Kier molecular flexibility index (Phi) is 6.27. The van der Waals surface area contributed by atoms with Crippen molar-refractivity contribution >= 4 is 11.8 Å². The molecule has 134 valence electrons. The van der Waals surface area contributed by atoms with Crippen molar-refractivity contribution < 1.29 is 18.5 Å². The van der Waals surface area contributed by atoms with Gasteiger partial charge in [-0.25, -0.2) is 4.39 Å². The van der Waals surface area contributed by atoms with Gasteiger partial charge in [0.1, 0.15) is 17.1 Å². The van der Waals surface area contributed by atoms with E-state index in [0.29, 0.717) is 30.0 Å². The quantitative estimate of drug-likeness (QED) is 0.835. The van der Waals surface area contributed by atoms with E-state index in [1.165, 1.54) is 17.0 Å². The molecule has 0 spiro atoms. The highest BCUT2D eigenvalue weighted by atomic mass is 19.1. The number of rotatable bonds is 7. The molecule has 1 aromatic heterocycles. The van der Waals surface area contributed by atoms with Gasteiger partial charge in [0.25, 0.3) is 5.91 Å². The van der Waals surface area contributed by atoms with Gasteiger partial charge in [0.2, 0.25) is 5.91 Å². The van der Waals surface area contributed by atoms with Crippen molar-refractivity contribution in [2.75, 3.05) is 13.1 Å². The Morgan fingerprint density at radius 1 is 1.24 bits per heavy atom. The van der Waals surface area contributed by atoms with Crippen molar-refractivity contribution in [3.63, 3.8) is 0 Å². The average molecular weight is 347 g/mol. The Balaban J connectivity index is 1.98. The third-order valence-electron chi connectivity index (χ3n) is 3.89. The number of carbonyl (C=O) groups is 2. The van der Waals surface area contributed by atoms with Crippen molar-refractivity contribution in [1.29, 1.82) is 0 Å². The minimum absolute atomic E-state index is 0.0652. The van der Waals surface area contributed by atoms with Gasteiger partial charge in [-0.3, -0.25) is 9.59 Å². The van der Waals surface area contributed by atoms with Gasteiger partial charge in [0.15, 0.2) is 0 Å². The molecule has 0 aliphatic rings. The van der Waals surface area contributed by atoms with E-state index in [1.807, 2.05) is 6.92 Å². The zero-order valence-electron chi connectivity index (χ0n) is 14.6. The lowest BCUT2D eigenvalue weighted by Crippen LogP contribution is -2.40. The molecule has 0 aliphatic carbocycles. The number of likely N-dealkylation sites (N-methyl/N-ethyl adjacent to an activating group) is 1. The first kappa shape index (κ1) is 18.6. The maximum atomic E-state index is 12.9. The molecule has 2 aromatic rings. The van der Waals surface area contributed by atoms with Gasteiger partial charge in [-0.05, 0) is 38.0 Å². The fourth-order valence-corrected chi connectivity index (χ4v) is 2.45. The molecule has 1 aromatic carbocycles. The largest absolute Gasteiger partial charge is 0.361 e. The minimum Gasteiger partial charge on any atom is -0.361 e. The van der Waals surface area contributed by atoms with Gasteiger partial charge in [0, 0.05) is 13.1 Å². The lowest BCUT2D eigenvalue weighted by molar-refractivity contribution is -0.121. The summed E-state index contributed by atoms with van der Waals surface area (Å²) in [7, 11) is 0. The van der Waals surface area contributed by atoms with Gasteiger partial charge in [-0.15, -0.1) is 0 Å². The van der Waals surface area contributed by atoms with Crippen LogP contribution in [0.15, 0.2) is 28.8 Å². The molecule has 2 amide bonds. The van der Waals surface area contributed by atoms with E-state index in [1.54, 1.807) is 26.0 Å². The predicted molar refractivity (Wildman–Crippen MR) is 90.4 cm³/mol. The van der Waals surface area contributed by atoms with E-state index >= 15 is 0 Å². The predicted octanol–water partition coefficient (Wildman–Crippen LogP) is 2.46. The summed E-state index contributed by atoms with van der Waals surface area (Å²) in [5.74, 6) is -0.428. The smallest absolute Gasteiger partial charge is 0.259 e. The summed E-state index contributed by atoms with van der Waals surface area (Å²) in [4.78, 5) is 26.3. The SMILES string of the molecule is CCc1noc(C)c1C(=O)N(CC)CC(=O)NCc1ccc(F)cc1. The van der Waals surface area contributed by atoms with E-state index in [4.69, 9.17) is 4.52 Å². The van der Waals surface area contributed by atoms with Gasteiger partial charge < -0.3 is 14.7 Å². The summed E-state index contributed by atoms with van der Waals surface area (Å²) in [6.45, 7) is 5.97. The first-order valence-corrected chi connectivity index (χ1v) is 8.21. The Morgan fingerprint density at radius 2 is 1.92 bits per heavy atom. The molecule has 1 N–H and O–H groups in total. The molecule has 25 heavy (non-hydrogen) atoms. The van der Waals surface area contributed by atoms with Crippen LogP contribution in [0.1, 0.15) is 41.2 Å². The maximum absolute atomic E-state index is 12.9. The number of nitrogens with one attached hydrogen (secondary N) is 1. The highest BCUT2D eigenvalue weighted by Crippen LogP contribution is 2.16. The van der Waals surface area contributed by atoms with Crippen LogP contribution in [0.5, 0.6) is 0 Å². The van der Waals surface area contributed by atoms with Crippen molar-refractivity contribution in [3.8, 4) is 0 Å². The van der Waals surface area contributed by atoms with Crippen molar-refractivity contribution in [1.82, 2.24) is 15.4 Å². The molecule has 0 bridgehead atoms. The first-order chi connectivity index (χ1) is 12.0. The second kappa shape index (κ2) is 8.41. The van der Waals surface area contributed by atoms with E-state index in [-0.39, 0.29) is 30.7 Å². The highest BCUT2D eigenvalue weighted by molar-refractivity contribution is 5.98. The van der Waals surface area contributed by atoms with Crippen LogP contribution in [-0.2, 0) is 17.8 Å². The number of hydrogen-bond acceptors (Lipinski definition) is 4. The second-order valence-electron chi connectivity index (χ2n) is 5.64. The lowest BCUT2D eigenvalue weighted by atomic mass is 10.1. The Bertz CT molecular complexity index is 741. The van der Waals surface area contributed by atoms with Gasteiger partial charge in [-0.1, -0.05) is 24.2 Å². The fourth-order valence-electron chi connectivity index (χ4n) is 2.45. The number of hydrogen-bond donors (Lipinski definition) is 1. The molecular formula is C18H22FN3O3. The van der Waals surface area contributed by atoms with Crippen molar-refractivity contribution in [2.24, 2.45) is 0 Å². The van der Waals surface area contributed by atoms with Crippen molar-refractivity contribution in [3.05, 3.63) is 52.7 Å². The van der Waals surface area contributed by atoms with Crippen LogP contribution in [0.2, 0.25) is 0 Å². The first-order valence-electron chi connectivity index (χ1n) is 8.21. The second-order valence-corrected chi connectivity index (χ2v) is 5.64. The Morgan fingerprint density at radius 3 is 2.52 bits per heavy atom. The Hall–Kier alpha value is -2.70. The number of aryl methyl sites for hydroxylation is 2. The average Bonchev–Trinajstić information content (AvgIpc) is 2.99. The topological polar surface area (TPSA) is 75.4 Å². The summed E-state index contributed by atoms with van der Waals surface area (Å²) in [5.41, 5.74) is 1.80. The third-order valence-corrected chi connectivity index (χ3v) is 3.89. The molecule has 0 fully saturated rings. The molecule has 0 aliphatic heterocycles. The number of aromatic nitrogens is 1. The number of carbonyl (C=O) groups excluding carboxylic acids is 2. The molecule has 0 saturated carbocycles. The van der Waals surface area contributed by atoms with Crippen LogP contribution in [0.3, 0.4) is 0 Å². The van der Waals surface area contributed by atoms with Crippen LogP contribution in [0, 0.1) is 12.7 Å². The van der Waals surface area contributed by atoms with Gasteiger partial charge >= 0.3 is 0 Å². The highest BCUT2D eigenvalue weighted by Gasteiger charge is 2.24. The van der Waals surface area contributed by atoms with Crippen molar-refractivity contribution in [2.45, 2.75) is 33.7 Å². The number of amides is 2. The lowest BCUT2D eigenvalue weighted by Gasteiger charge is -2.20. The number of nitrogens with zero attached hydrogens (tertiary/aromatic N) is 2. The zero-order chi connectivity index (χ0) is 18.4. The fraction of sp³-hybridized carbons (Fsp3) is 0.389. The molecule has 0 radical (unpaired) electrons.